The highest BCUT2D eigenvalue weighted by Gasteiger charge is 2.25. The zero-order valence-electron chi connectivity index (χ0n) is 16.9. The van der Waals surface area contributed by atoms with Gasteiger partial charge >= 0.3 is 0 Å². The zero-order chi connectivity index (χ0) is 20.1. The third kappa shape index (κ3) is 4.12. The molecular weight excluding hydrogens is 354 g/mol. The average molecular weight is 383 g/mol. The Morgan fingerprint density at radius 1 is 1.21 bits per heavy atom. The Morgan fingerprint density at radius 3 is 2.64 bits per heavy atom. The summed E-state index contributed by atoms with van der Waals surface area (Å²) in [4.78, 5) is 28.9. The van der Waals surface area contributed by atoms with Crippen LogP contribution in [0.5, 0.6) is 0 Å². The van der Waals surface area contributed by atoms with E-state index in [4.69, 9.17) is 4.42 Å². The summed E-state index contributed by atoms with van der Waals surface area (Å²) in [5.74, 6) is 0.870. The van der Waals surface area contributed by atoms with Gasteiger partial charge in [0.1, 0.15) is 5.76 Å². The van der Waals surface area contributed by atoms with Gasteiger partial charge in [0, 0.05) is 30.8 Å². The van der Waals surface area contributed by atoms with Gasteiger partial charge in [0.25, 0.3) is 5.91 Å². The molecule has 2 aromatic rings. The zero-order valence-corrected chi connectivity index (χ0v) is 16.9. The molecule has 1 aliphatic rings. The van der Waals surface area contributed by atoms with Crippen molar-refractivity contribution in [1.29, 1.82) is 0 Å². The van der Waals surface area contributed by atoms with Crippen LogP contribution < -0.4 is 10.2 Å². The van der Waals surface area contributed by atoms with Crippen molar-refractivity contribution in [2.24, 2.45) is 0 Å². The van der Waals surface area contributed by atoms with Crippen LogP contribution in [0.3, 0.4) is 0 Å². The smallest absolute Gasteiger partial charge is 0.251 e. The number of likely N-dealkylation sites (N-methyl/N-ethyl adjacent to an activating group) is 1. The molecule has 2 heterocycles. The van der Waals surface area contributed by atoms with E-state index in [1.54, 1.807) is 12.3 Å². The van der Waals surface area contributed by atoms with Crippen molar-refractivity contribution in [2.75, 3.05) is 31.1 Å². The van der Waals surface area contributed by atoms with E-state index >= 15 is 0 Å². The predicted octanol–water partition coefficient (Wildman–Crippen LogP) is 3.39. The van der Waals surface area contributed by atoms with E-state index in [0.717, 1.165) is 36.5 Å². The Morgan fingerprint density at radius 2 is 2.00 bits per heavy atom. The van der Waals surface area contributed by atoms with E-state index in [9.17, 15) is 9.59 Å². The average Bonchev–Trinajstić information content (AvgIpc) is 3.39. The second-order valence-corrected chi connectivity index (χ2v) is 6.95. The summed E-state index contributed by atoms with van der Waals surface area (Å²) in [7, 11) is 0. The van der Waals surface area contributed by atoms with E-state index in [1.807, 2.05) is 36.1 Å². The van der Waals surface area contributed by atoms with Gasteiger partial charge in [-0.2, -0.15) is 0 Å². The minimum absolute atomic E-state index is 0.000967. The Balaban J connectivity index is 1.70. The first-order chi connectivity index (χ1) is 13.6. The van der Waals surface area contributed by atoms with Gasteiger partial charge in [-0.1, -0.05) is 20.8 Å². The monoisotopic (exact) mass is 383 g/mol. The molecule has 6 nitrogen and oxygen atoms in total. The van der Waals surface area contributed by atoms with E-state index in [1.165, 1.54) is 0 Å². The predicted molar refractivity (Wildman–Crippen MR) is 109 cm³/mol. The van der Waals surface area contributed by atoms with E-state index in [-0.39, 0.29) is 17.9 Å². The van der Waals surface area contributed by atoms with E-state index < -0.39 is 0 Å². The molecule has 0 bridgehead atoms. The van der Waals surface area contributed by atoms with Gasteiger partial charge in [0.05, 0.1) is 12.3 Å². The number of fused-ring (bicyclic) bond motifs is 1. The summed E-state index contributed by atoms with van der Waals surface area (Å²) in [6, 6.07) is 9.42. The molecule has 0 saturated carbocycles. The van der Waals surface area contributed by atoms with Crippen LogP contribution in [-0.2, 0) is 11.2 Å². The molecule has 1 aromatic carbocycles. The van der Waals surface area contributed by atoms with Crippen molar-refractivity contribution in [1.82, 2.24) is 10.2 Å². The van der Waals surface area contributed by atoms with Crippen LogP contribution in [0.15, 0.2) is 41.0 Å². The topological polar surface area (TPSA) is 65.8 Å². The minimum atomic E-state index is -0.105. The highest BCUT2D eigenvalue weighted by Crippen LogP contribution is 2.29. The molecule has 0 radical (unpaired) electrons. The lowest BCUT2D eigenvalue weighted by Crippen LogP contribution is -2.38. The van der Waals surface area contributed by atoms with Crippen molar-refractivity contribution >= 4 is 17.5 Å². The summed E-state index contributed by atoms with van der Waals surface area (Å²) in [6.07, 6.45) is 2.94. The molecule has 28 heavy (non-hydrogen) atoms. The number of nitrogens with zero attached hydrogens (tertiary/aromatic N) is 2. The van der Waals surface area contributed by atoms with Crippen LogP contribution in [0, 0.1) is 0 Å². The molecule has 1 N–H and O–H groups in total. The quantitative estimate of drug-likeness (QED) is 0.759. The van der Waals surface area contributed by atoms with Gasteiger partial charge in [-0.05, 0) is 55.4 Å². The molecule has 150 valence electrons. The van der Waals surface area contributed by atoms with Crippen molar-refractivity contribution in [3.05, 3.63) is 53.5 Å². The number of anilines is 1. The van der Waals surface area contributed by atoms with Gasteiger partial charge < -0.3 is 14.6 Å². The van der Waals surface area contributed by atoms with Crippen LogP contribution in [0.2, 0.25) is 0 Å². The second-order valence-electron chi connectivity index (χ2n) is 6.95. The summed E-state index contributed by atoms with van der Waals surface area (Å²) >= 11 is 0. The molecule has 1 unspecified atom stereocenters. The second kappa shape index (κ2) is 9.06. The number of hydrogen-bond donors (Lipinski definition) is 1. The number of hydrogen-bond acceptors (Lipinski definition) is 4. The van der Waals surface area contributed by atoms with Gasteiger partial charge in [-0.3, -0.25) is 14.5 Å². The molecule has 1 aromatic heterocycles. The Bertz CT molecular complexity index is 812. The summed E-state index contributed by atoms with van der Waals surface area (Å²) in [6.45, 7) is 8.99. The summed E-state index contributed by atoms with van der Waals surface area (Å²) in [5.41, 5.74) is 2.61. The fourth-order valence-corrected chi connectivity index (χ4v) is 3.84. The molecule has 1 atom stereocenters. The lowest BCUT2D eigenvalue weighted by molar-refractivity contribution is -0.118. The number of carbonyl (C=O) groups excluding carboxylic acids is 2. The number of carbonyl (C=O) groups is 2. The van der Waals surface area contributed by atoms with Crippen LogP contribution in [0.25, 0.3) is 0 Å². The van der Waals surface area contributed by atoms with Crippen molar-refractivity contribution in [2.45, 2.75) is 39.7 Å². The molecule has 0 aliphatic carbocycles. The van der Waals surface area contributed by atoms with E-state index in [2.05, 4.69) is 24.1 Å². The van der Waals surface area contributed by atoms with Crippen LogP contribution in [-0.4, -0.2) is 42.9 Å². The molecule has 3 rings (SSSR count). The Labute approximate surface area is 166 Å². The van der Waals surface area contributed by atoms with Gasteiger partial charge in [-0.15, -0.1) is 0 Å². The molecule has 0 fully saturated rings. The Hall–Kier alpha value is -2.60. The van der Waals surface area contributed by atoms with Gasteiger partial charge in [-0.25, -0.2) is 0 Å². The molecule has 0 saturated heterocycles. The lowest BCUT2D eigenvalue weighted by Gasteiger charge is -2.28. The maximum absolute atomic E-state index is 12.7. The molecule has 2 amide bonds. The first-order valence-corrected chi connectivity index (χ1v) is 10.1. The van der Waals surface area contributed by atoms with Crippen LogP contribution >= 0.6 is 0 Å². The number of amides is 2. The minimum Gasteiger partial charge on any atom is -0.468 e. The van der Waals surface area contributed by atoms with Crippen LogP contribution in [0.4, 0.5) is 5.69 Å². The molecule has 0 spiro atoms. The van der Waals surface area contributed by atoms with Crippen molar-refractivity contribution in [3.63, 3.8) is 0 Å². The fourth-order valence-electron chi connectivity index (χ4n) is 3.84. The highest BCUT2D eigenvalue weighted by molar-refractivity contribution is 5.98. The third-order valence-corrected chi connectivity index (χ3v) is 5.42. The highest BCUT2D eigenvalue weighted by atomic mass is 16.3. The van der Waals surface area contributed by atoms with Crippen LogP contribution in [0.1, 0.15) is 54.9 Å². The lowest BCUT2D eigenvalue weighted by atomic mass is 10.1. The molecule has 6 heteroatoms. The number of benzene rings is 1. The number of furan rings is 1. The SMILES string of the molecule is CCC(=O)N1CCc2cc(C(=O)NCC(c3ccco3)N(CC)CC)ccc21. The first-order valence-electron chi connectivity index (χ1n) is 10.1. The standard InChI is InChI=1S/C22H29N3O3/c1-4-21(26)25-12-11-16-14-17(9-10-18(16)25)22(27)23-15-19(24(5-2)6-3)20-8-7-13-28-20/h7-10,13-14,19H,4-6,11-12,15H2,1-3H3,(H,23,27). The van der Waals surface area contributed by atoms with E-state index in [0.29, 0.717) is 25.1 Å². The maximum Gasteiger partial charge on any atom is 0.251 e. The number of nitrogens with one attached hydrogen (secondary N) is 1. The maximum atomic E-state index is 12.7. The van der Waals surface area contributed by atoms with Gasteiger partial charge in [0.15, 0.2) is 0 Å². The summed E-state index contributed by atoms with van der Waals surface area (Å²) in [5, 5.41) is 3.05. The number of rotatable bonds is 8. The largest absolute Gasteiger partial charge is 0.468 e. The Kier molecular flexibility index (Phi) is 6.52. The van der Waals surface area contributed by atoms with Gasteiger partial charge in [0.2, 0.25) is 5.91 Å². The normalized spacial score (nSPS) is 14.2. The molecule has 1 aliphatic heterocycles. The third-order valence-electron chi connectivity index (χ3n) is 5.42. The molecular formula is C22H29N3O3. The summed E-state index contributed by atoms with van der Waals surface area (Å²) < 4.78 is 5.59. The first kappa shape index (κ1) is 20.1. The van der Waals surface area contributed by atoms with Crippen molar-refractivity contribution in [3.8, 4) is 0 Å². The fraction of sp³-hybridized carbons (Fsp3) is 0.455. The van der Waals surface area contributed by atoms with Crippen molar-refractivity contribution < 1.29 is 14.0 Å².